The number of nitrogens with two attached hydrogens (primary N) is 1. The molecule has 2 aromatic carbocycles. The molecule has 35 heavy (non-hydrogen) atoms. The average molecular weight is 489 g/mol. The zero-order valence-corrected chi connectivity index (χ0v) is 19.2. The van der Waals surface area contributed by atoms with Crippen LogP contribution in [0.2, 0.25) is 0 Å². The van der Waals surface area contributed by atoms with Crippen molar-refractivity contribution in [1.82, 2.24) is 4.98 Å². The molecule has 0 saturated carbocycles. The largest absolute Gasteiger partial charge is 0.493 e. The number of carbonyl (C=O) groups excluding carboxylic acids is 2. The molecule has 0 aliphatic heterocycles. The quantitative estimate of drug-likeness (QED) is 0.489. The van der Waals surface area contributed by atoms with Gasteiger partial charge in [0.1, 0.15) is 11.4 Å². The Morgan fingerprint density at radius 1 is 0.971 bits per heavy atom. The molecule has 0 saturated heterocycles. The lowest BCUT2D eigenvalue weighted by Gasteiger charge is -2.20. The van der Waals surface area contributed by atoms with Crippen molar-refractivity contribution in [1.29, 1.82) is 0 Å². The Morgan fingerprint density at radius 3 is 2.14 bits per heavy atom. The van der Waals surface area contributed by atoms with E-state index < -0.39 is 23.6 Å². The smallest absolute Gasteiger partial charge is 0.416 e. The number of rotatable bonds is 7. The summed E-state index contributed by atoms with van der Waals surface area (Å²) < 4.78 is 57.5. The van der Waals surface area contributed by atoms with Gasteiger partial charge in [0.15, 0.2) is 11.5 Å². The number of ether oxygens (including phenoxy) is 3. The van der Waals surface area contributed by atoms with Gasteiger partial charge in [-0.15, -0.1) is 0 Å². The van der Waals surface area contributed by atoms with Crippen molar-refractivity contribution in [3.63, 3.8) is 0 Å². The fourth-order valence-electron chi connectivity index (χ4n) is 3.42. The normalized spacial score (nSPS) is 11.1. The highest BCUT2D eigenvalue weighted by Crippen LogP contribution is 2.44. The summed E-state index contributed by atoms with van der Waals surface area (Å²) in [6.07, 6.45) is -3.49. The molecule has 3 N–H and O–H groups in total. The van der Waals surface area contributed by atoms with Crippen LogP contribution in [0.5, 0.6) is 23.0 Å². The molecule has 184 valence electrons. The highest BCUT2D eigenvalue weighted by atomic mass is 19.4. The Bertz CT molecular complexity index is 1270. The zero-order valence-electron chi connectivity index (χ0n) is 19.2. The maximum absolute atomic E-state index is 13.6. The highest BCUT2D eigenvalue weighted by molar-refractivity contribution is 6.08. The van der Waals surface area contributed by atoms with Crippen LogP contribution in [0, 0.1) is 13.8 Å². The molecule has 1 heterocycles. The minimum atomic E-state index is -4.72. The Morgan fingerprint density at radius 2 is 1.60 bits per heavy atom. The van der Waals surface area contributed by atoms with Crippen molar-refractivity contribution >= 4 is 17.5 Å². The molecule has 0 aliphatic rings. The van der Waals surface area contributed by atoms with Crippen LogP contribution in [0.25, 0.3) is 0 Å². The van der Waals surface area contributed by atoms with Gasteiger partial charge >= 0.3 is 6.18 Å². The van der Waals surface area contributed by atoms with Crippen LogP contribution in [-0.4, -0.2) is 31.0 Å². The molecular formula is C24H22F3N3O5. The van der Waals surface area contributed by atoms with E-state index in [-0.39, 0.29) is 45.5 Å². The predicted molar refractivity (Wildman–Crippen MR) is 121 cm³/mol. The second-order valence-corrected chi connectivity index (χ2v) is 7.46. The van der Waals surface area contributed by atoms with Gasteiger partial charge in [-0.1, -0.05) is 0 Å². The molecule has 8 nitrogen and oxygen atoms in total. The van der Waals surface area contributed by atoms with E-state index in [1.54, 1.807) is 19.1 Å². The number of alkyl halides is 3. The molecule has 0 aliphatic carbocycles. The summed E-state index contributed by atoms with van der Waals surface area (Å²) in [5.74, 6) is -1.32. The van der Waals surface area contributed by atoms with Crippen LogP contribution < -0.4 is 25.3 Å². The monoisotopic (exact) mass is 489 g/mol. The number of pyridine rings is 1. The van der Waals surface area contributed by atoms with Gasteiger partial charge in [0.05, 0.1) is 25.3 Å². The molecule has 3 rings (SSSR count). The van der Waals surface area contributed by atoms with Crippen LogP contribution in [0.15, 0.2) is 42.6 Å². The fraction of sp³-hybridized carbons (Fsp3) is 0.208. The summed E-state index contributed by atoms with van der Waals surface area (Å²) in [4.78, 5) is 28.4. The molecule has 3 aromatic rings. The number of carbonyl (C=O) groups is 2. The lowest BCUT2D eigenvalue weighted by molar-refractivity contribution is -0.138. The van der Waals surface area contributed by atoms with Crippen molar-refractivity contribution < 1.29 is 37.0 Å². The fourth-order valence-corrected chi connectivity index (χ4v) is 3.42. The third-order valence-electron chi connectivity index (χ3n) is 5.05. The van der Waals surface area contributed by atoms with Crippen LogP contribution in [0.1, 0.15) is 37.5 Å². The first kappa shape index (κ1) is 25.3. The SMILES string of the molecule is COc1cc(C)cc(OC)c1Oc1ccc(C(F)(F)F)c(C)c1C(=O)Nc1ccnc(C(N)=O)c1. The number of amides is 2. The van der Waals surface area contributed by atoms with Gasteiger partial charge in [0.25, 0.3) is 11.8 Å². The molecule has 0 atom stereocenters. The highest BCUT2D eigenvalue weighted by Gasteiger charge is 2.35. The molecular weight excluding hydrogens is 467 g/mol. The molecule has 2 amide bonds. The summed E-state index contributed by atoms with van der Waals surface area (Å²) in [6, 6.07) is 7.74. The van der Waals surface area contributed by atoms with E-state index in [1.165, 1.54) is 32.5 Å². The van der Waals surface area contributed by atoms with Gasteiger partial charge in [-0.05, 0) is 61.4 Å². The molecule has 0 radical (unpaired) electrons. The minimum Gasteiger partial charge on any atom is -0.493 e. The number of halogens is 3. The van der Waals surface area contributed by atoms with Gasteiger partial charge in [-0.2, -0.15) is 13.2 Å². The Kier molecular flexibility index (Phi) is 7.18. The van der Waals surface area contributed by atoms with Gasteiger partial charge in [0, 0.05) is 11.9 Å². The van der Waals surface area contributed by atoms with Gasteiger partial charge < -0.3 is 25.3 Å². The molecule has 0 spiro atoms. The van der Waals surface area contributed by atoms with Crippen LogP contribution in [0.3, 0.4) is 0 Å². The summed E-state index contributed by atoms with van der Waals surface area (Å²) >= 11 is 0. The zero-order chi connectivity index (χ0) is 25.9. The molecule has 0 unspecified atom stereocenters. The summed E-state index contributed by atoms with van der Waals surface area (Å²) in [5.41, 5.74) is 4.23. The number of nitrogens with one attached hydrogen (secondary N) is 1. The first-order chi connectivity index (χ1) is 16.5. The van der Waals surface area contributed by atoms with Crippen molar-refractivity contribution in [3.05, 3.63) is 70.5 Å². The second-order valence-electron chi connectivity index (χ2n) is 7.46. The van der Waals surface area contributed by atoms with Crippen LogP contribution in [0.4, 0.5) is 18.9 Å². The number of hydrogen-bond donors (Lipinski definition) is 2. The number of nitrogens with zero attached hydrogens (tertiary/aromatic N) is 1. The third kappa shape index (κ3) is 5.45. The number of hydrogen-bond acceptors (Lipinski definition) is 6. The Balaban J connectivity index is 2.14. The Labute approximate surface area is 198 Å². The number of aromatic nitrogens is 1. The maximum Gasteiger partial charge on any atom is 0.416 e. The van der Waals surface area contributed by atoms with Gasteiger partial charge in [-0.3, -0.25) is 14.6 Å². The lowest BCUT2D eigenvalue weighted by atomic mass is 9.99. The predicted octanol–water partition coefficient (Wildman–Crippen LogP) is 4.88. The van der Waals surface area contributed by atoms with E-state index in [9.17, 15) is 22.8 Å². The van der Waals surface area contributed by atoms with E-state index >= 15 is 0 Å². The van der Waals surface area contributed by atoms with E-state index in [0.29, 0.717) is 0 Å². The molecule has 0 bridgehead atoms. The van der Waals surface area contributed by atoms with Crippen molar-refractivity contribution in [2.75, 3.05) is 19.5 Å². The minimum absolute atomic E-state index is 0.0775. The number of primary amides is 1. The average Bonchev–Trinajstić information content (AvgIpc) is 2.79. The summed E-state index contributed by atoms with van der Waals surface area (Å²) in [5, 5.41) is 2.47. The van der Waals surface area contributed by atoms with Crippen molar-refractivity contribution in [2.45, 2.75) is 20.0 Å². The van der Waals surface area contributed by atoms with E-state index in [4.69, 9.17) is 19.9 Å². The summed E-state index contributed by atoms with van der Waals surface area (Å²) in [6.45, 7) is 2.96. The van der Waals surface area contributed by atoms with E-state index in [0.717, 1.165) is 24.6 Å². The lowest BCUT2D eigenvalue weighted by Crippen LogP contribution is -2.19. The number of anilines is 1. The topological polar surface area (TPSA) is 113 Å². The molecule has 1 aromatic heterocycles. The first-order valence-corrected chi connectivity index (χ1v) is 10.1. The van der Waals surface area contributed by atoms with Crippen molar-refractivity contribution in [3.8, 4) is 23.0 Å². The van der Waals surface area contributed by atoms with Gasteiger partial charge in [-0.25, -0.2) is 0 Å². The van der Waals surface area contributed by atoms with Crippen LogP contribution >= 0.6 is 0 Å². The molecule has 11 heteroatoms. The van der Waals surface area contributed by atoms with Crippen LogP contribution in [-0.2, 0) is 6.18 Å². The Hall–Kier alpha value is -4.28. The van der Waals surface area contributed by atoms with E-state index in [2.05, 4.69) is 10.3 Å². The van der Waals surface area contributed by atoms with E-state index in [1.807, 2.05) is 0 Å². The third-order valence-corrected chi connectivity index (χ3v) is 5.05. The van der Waals surface area contributed by atoms with Gasteiger partial charge in [0.2, 0.25) is 5.75 Å². The standard InChI is InChI=1S/C24H22F3N3O5/c1-12-9-18(33-3)21(19(10-12)34-4)35-17-6-5-15(24(25,26)27)13(2)20(17)23(32)30-14-7-8-29-16(11-14)22(28)31/h5-11H,1-4H3,(H2,28,31)(H,29,30,32). The summed E-state index contributed by atoms with van der Waals surface area (Å²) in [7, 11) is 2.79. The number of methoxy groups -OCH3 is 2. The number of aryl methyl sites for hydroxylation is 1. The maximum atomic E-state index is 13.6. The molecule has 0 fully saturated rings. The number of benzene rings is 2. The second kappa shape index (κ2) is 9.92. The van der Waals surface area contributed by atoms with Crippen molar-refractivity contribution in [2.24, 2.45) is 5.73 Å². The first-order valence-electron chi connectivity index (χ1n) is 10.1.